The van der Waals surface area contributed by atoms with Gasteiger partial charge in [0.1, 0.15) is 11.6 Å². The predicted molar refractivity (Wildman–Crippen MR) is 73.9 cm³/mol. The lowest BCUT2D eigenvalue weighted by Gasteiger charge is -2.33. The van der Waals surface area contributed by atoms with Gasteiger partial charge in [-0.3, -0.25) is 0 Å². The minimum atomic E-state index is -0.506. The number of hydrogen-bond acceptors (Lipinski definition) is 1. The van der Waals surface area contributed by atoms with Gasteiger partial charge in [-0.05, 0) is 37.3 Å². The summed E-state index contributed by atoms with van der Waals surface area (Å²) in [5, 5.41) is 3.38. The number of halogens is 2. The van der Waals surface area contributed by atoms with Crippen molar-refractivity contribution in [2.75, 3.05) is 6.54 Å². The molecule has 1 unspecified atom stereocenters. The van der Waals surface area contributed by atoms with Crippen LogP contribution in [0.25, 0.3) is 0 Å². The molecule has 3 heteroatoms. The first kappa shape index (κ1) is 14.4. The van der Waals surface area contributed by atoms with Gasteiger partial charge < -0.3 is 5.32 Å². The monoisotopic (exact) mass is 267 g/mol. The van der Waals surface area contributed by atoms with Gasteiger partial charge in [-0.25, -0.2) is 8.78 Å². The van der Waals surface area contributed by atoms with Crippen molar-refractivity contribution < 1.29 is 8.78 Å². The molecule has 106 valence electrons. The summed E-state index contributed by atoms with van der Waals surface area (Å²) >= 11 is 0. The Hall–Kier alpha value is -0.960. The van der Waals surface area contributed by atoms with Gasteiger partial charge >= 0.3 is 0 Å². The van der Waals surface area contributed by atoms with E-state index in [9.17, 15) is 8.78 Å². The zero-order valence-corrected chi connectivity index (χ0v) is 11.8. The van der Waals surface area contributed by atoms with Crippen LogP contribution in [0.5, 0.6) is 0 Å². The highest BCUT2D eigenvalue weighted by molar-refractivity contribution is 5.23. The van der Waals surface area contributed by atoms with E-state index in [1.807, 2.05) is 6.92 Å². The van der Waals surface area contributed by atoms with E-state index in [-0.39, 0.29) is 6.04 Å². The van der Waals surface area contributed by atoms with Gasteiger partial charge in [0.15, 0.2) is 0 Å². The molecule has 1 aromatic carbocycles. The molecule has 1 aromatic rings. The average molecular weight is 267 g/mol. The Balaban J connectivity index is 2.19. The Labute approximate surface area is 114 Å². The van der Waals surface area contributed by atoms with Crippen molar-refractivity contribution in [3.05, 3.63) is 35.4 Å². The molecule has 19 heavy (non-hydrogen) atoms. The van der Waals surface area contributed by atoms with E-state index in [2.05, 4.69) is 12.2 Å². The quantitative estimate of drug-likeness (QED) is 0.850. The molecule has 0 spiro atoms. The molecule has 0 aliphatic heterocycles. The standard InChI is InChI=1S/C16H23F2N/c1-3-19-16(12-6-4-11(2)5-7-12)14-9-8-13(17)10-15(14)18/h8-12,16,19H,3-7H2,1-2H3. The van der Waals surface area contributed by atoms with Crippen molar-refractivity contribution >= 4 is 0 Å². The molecule has 1 aliphatic carbocycles. The van der Waals surface area contributed by atoms with E-state index in [0.29, 0.717) is 11.5 Å². The van der Waals surface area contributed by atoms with Crippen LogP contribution in [0.4, 0.5) is 8.78 Å². The Morgan fingerprint density at radius 1 is 1.21 bits per heavy atom. The largest absolute Gasteiger partial charge is 0.310 e. The molecular formula is C16H23F2N. The van der Waals surface area contributed by atoms with Crippen molar-refractivity contribution in [2.45, 2.75) is 45.6 Å². The van der Waals surface area contributed by atoms with E-state index in [1.54, 1.807) is 6.07 Å². The maximum atomic E-state index is 14.0. The van der Waals surface area contributed by atoms with E-state index in [4.69, 9.17) is 0 Å². The molecule has 2 rings (SSSR count). The van der Waals surface area contributed by atoms with Gasteiger partial charge in [0, 0.05) is 17.7 Å². The van der Waals surface area contributed by atoms with E-state index in [1.165, 1.54) is 18.9 Å². The van der Waals surface area contributed by atoms with Gasteiger partial charge in [0.25, 0.3) is 0 Å². The Kier molecular flexibility index (Phi) is 4.92. The first-order valence-electron chi connectivity index (χ1n) is 7.30. The molecule has 1 atom stereocenters. The van der Waals surface area contributed by atoms with E-state index in [0.717, 1.165) is 31.4 Å². The van der Waals surface area contributed by atoms with Crippen LogP contribution in [-0.2, 0) is 0 Å². The van der Waals surface area contributed by atoms with Crippen LogP contribution in [0.1, 0.15) is 51.1 Å². The molecule has 0 radical (unpaired) electrons. The van der Waals surface area contributed by atoms with Crippen LogP contribution in [0, 0.1) is 23.5 Å². The normalized spacial score (nSPS) is 25.3. The smallest absolute Gasteiger partial charge is 0.130 e. The highest BCUT2D eigenvalue weighted by Gasteiger charge is 2.28. The second kappa shape index (κ2) is 6.47. The van der Waals surface area contributed by atoms with E-state index < -0.39 is 11.6 Å². The molecule has 1 saturated carbocycles. The van der Waals surface area contributed by atoms with Crippen molar-refractivity contribution in [3.63, 3.8) is 0 Å². The van der Waals surface area contributed by atoms with Crippen molar-refractivity contribution in [1.29, 1.82) is 0 Å². The maximum absolute atomic E-state index is 14.0. The third-order valence-corrected chi connectivity index (χ3v) is 4.25. The highest BCUT2D eigenvalue weighted by Crippen LogP contribution is 2.37. The summed E-state index contributed by atoms with van der Waals surface area (Å²) in [4.78, 5) is 0. The van der Waals surface area contributed by atoms with Gasteiger partial charge in [-0.1, -0.05) is 32.8 Å². The zero-order valence-electron chi connectivity index (χ0n) is 11.8. The minimum absolute atomic E-state index is 0.0121. The number of hydrogen-bond donors (Lipinski definition) is 1. The third-order valence-electron chi connectivity index (χ3n) is 4.25. The molecule has 0 heterocycles. The fourth-order valence-electron chi connectivity index (χ4n) is 3.12. The Bertz CT molecular complexity index is 411. The van der Waals surface area contributed by atoms with Crippen LogP contribution < -0.4 is 5.32 Å². The third kappa shape index (κ3) is 3.53. The lowest BCUT2D eigenvalue weighted by molar-refractivity contribution is 0.230. The molecule has 0 aromatic heterocycles. The van der Waals surface area contributed by atoms with Crippen LogP contribution >= 0.6 is 0 Å². The molecule has 1 nitrogen and oxygen atoms in total. The van der Waals surface area contributed by atoms with Crippen molar-refractivity contribution in [1.82, 2.24) is 5.32 Å². The fourth-order valence-corrected chi connectivity index (χ4v) is 3.12. The summed E-state index contributed by atoms with van der Waals surface area (Å²) in [6.07, 6.45) is 4.65. The number of rotatable bonds is 4. The summed E-state index contributed by atoms with van der Waals surface area (Å²) in [5.74, 6) is 0.297. The molecule has 1 fully saturated rings. The number of benzene rings is 1. The lowest BCUT2D eigenvalue weighted by Crippen LogP contribution is -2.31. The molecule has 0 amide bonds. The summed E-state index contributed by atoms with van der Waals surface area (Å²) < 4.78 is 27.0. The molecule has 0 saturated heterocycles. The summed E-state index contributed by atoms with van der Waals surface area (Å²) in [6, 6.07) is 3.95. The molecule has 1 N–H and O–H groups in total. The number of nitrogens with one attached hydrogen (secondary N) is 1. The average Bonchev–Trinajstić information content (AvgIpc) is 2.38. The Morgan fingerprint density at radius 2 is 1.89 bits per heavy atom. The van der Waals surface area contributed by atoms with Gasteiger partial charge in [-0.15, -0.1) is 0 Å². The first-order chi connectivity index (χ1) is 9.11. The molecule has 1 aliphatic rings. The Morgan fingerprint density at radius 3 is 2.47 bits per heavy atom. The SMILES string of the molecule is CCNC(c1ccc(F)cc1F)C1CCC(C)CC1. The topological polar surface area (TPSA) is 12.0 Å². The second-order valence-corrected chi connectivity index (χ2v) is 5.72. The lowest BCUT2D eigenvalue weighted by atomic mass is 9.77. The summed E-state index contributed by atoms with van der Waals surface area (Å²) in [7, 11) is 0. The fraction of sp³-hybridized carbons (Fsp3) is 0.625. The minimum Gasteiger partial charge on any atom is -0.310 e. The van der Waals surface area contributed by atoms with Gasteiger partial charge in [-0.2, -0.15) is 0 Å². The maximum Gasteiger partial charge on any atom is 0.130 e. The van der Waals surface area contributed by atoms with E-state index >= 15 is 0 Å². The highest BCUT2D eigenvalue weighted by atomic mass is 19.1. The molecule has 0 bridgehead atoms. The summed E-state index contributed by atoms with van der Waals surface area (Å²) in [6.45, 7) is 5.10. The van der Waals surface area contributed by atoms with Crippen molar-refractivity contribution in [2.24, 2.45) is 11.8 Å². The van der Waals surface area contributed by atoms with Crippen molar-refractivity contribution in [3.8, 4) is 0 Å². The van der Waals surface area contributed by atoms with Crippen LogP contribution in [0.2, 0.25) is 0 Å². The molecular weight excluding hydrogens is 244 g/mol. The van der Waals surface area contributed by atoms with Crippen LogP contribution in [0.15, 0.2) is 18.2 Å². The van der Waals surface area contributed by atoms with Gasteiger partial charge in [0.2, 0.25) is 0 Å². The summed E-state index contributed by atoms with van der Waals surface area (Å²) in [5.41, 5.74) is 0.614. The van der Waals surface area contributed by atoms with Crippen LogP contribution in [-0.4, -0.2) is 6.54 Å². The zero-order chi connectivity index (χ0) is 13.8. The van der Waals surface area contributed by atoms with Crippen LogP contribution in [0.3, 0.4) is 0 Å². The van der Waals surface area contributed by atoms with Gasteiger partial charge in [0.05, 0.1) is 0 Å². The second-order valence-electron chi connectivity index (χ2n) is 5.72. The first-order valence-corrected chi connectivity index (χ1v) is 7.30. The predicted octanol–water partition coefficient (Wildman–Crippen LogP) is 4.44.